The van der Waals surface area contributed by atoms with E-state index in [1.54, 1.807) is 0 Å². The monoisotopic (exact) mass is 1110 g/mol. The van der Waals surface area contributed by atoms with Gasteiger partial charge in [0.25, 0.3) is 0 Å². The Morgan fingerprint density at radius 1 is 0.750 bits per heavy atom. The summed E-state index contributed by atoms with van der Waals surface area (Å²) in [7, 11) is 0. The van der Waals surface area contributed by atoms with Crippen molar-refractivity contribution in [3.05, 3.63) is 35.1 Å². The van der Waals surface area contributed by atoms with Crippen molar-refractivity contribution in [2.75, 3.05) is 13.1 Å². The molecule has 0 aromatic carbocycles. The summed E-state index contributed by atoms with van der Waals surface area (Å²) >= 11 is 5.30. The number of piperidine rings is 1. The van der Waals surface area contributed by atoms with Crippen LogP contribution in [0.3, 0.4) is 0 Å². The van der Waals surface area contributed by atoms with E-state index in [1.165, 1.54) is 58.0 Å². The largest absolute Gasteiger partial charge is 2.00 e. The van der Waals surface area contributed by atoms with Crippen LogP contribution in [0.25, 0.3) is 0 Å². The van der Waals surface area contributed by atoms with E-state index in [0.717, 1.165) is 0 Å². The van der Waals surface area contributed by atoms with Crippen LogP contribution in [0.2, 0.25) is 0 Å². The summed E-state index contributed by atoms with van der Waals surface area (Å²) in [6, 6.07) is 0. The van der Waals surface area contributed by atoms with Crippen LogP contribution < -0.4 is 18.6 Å². The second-order valence-electron chi connectivity index (χ2n) is 3.60. The van der Waals surface area contributed by atoms with E-state index in [-0.39, 0.29) is 133 Å². The van der Waals surface area contributed by atoms with Gasteiger partial charge in [0, 0.05) is 65.4 Å². The quantitative estimate of drug-likeness (QED) is 0.279. The van der Waals surface area contributed by atoms with Gasteiger partial charge in [-0.2, -0.15) is 25.7 Å². The molecule has 24 heavy (non-hydrogen) atoms. The second-order valence-corrected chi connectivity index (χ2v) is 19.8. The van der Waals surface area contributed by atoms with Gasteiger partial charge < -0.3 is 40.4 Å². The summed E-state index contributed by atoms with van der Waals surface area (Å²) < 4.78 is 0. The van der Waals surface area contributed by atoms with Gasteiger partial charge in [0.05, 0.1) is 0 Å². The first-order valence-corrected chi connectivity index (χ1v) is 19.2. The summed E-state index contributed by atoms with van der Waals surface area (Å²) in [6.07, 6.45) is 14.4. The predicted molar refractivity (Wildman–Crippen MR) is 128 cm³/mol. The van der Waals surface area contributed by atoms with Crippen molar-refractivity contribution in [3.63, 3.8) is 0 Å². The molecule has 1 N–H and O–H groups in total. The Hall–Kier alpha value is 5.78. The Kier molecular flexibility index (Phi) is 150. The Morgan fingerprint density at radius 2 is 1.04 bits per heavy atom. The van der Waals surface area contributed by atoms with Crippen LogP contribution >= 0.6 is 61.2 Å². The van der Waals surface area contributed by atoms with Gasteiger partial charge in [-0.25, -0.2) is 0 Å². The molecule has 0 aromatic heterocycles. The van der Waals surface area contributed by atoms with Crippen LogP contribution in [0.1, 0.15) is 58.8 Å². The average Bonchev–Trinajstić information content (AvgIpc) is 2.46. The van der Waals surface area contributed by atoms with Crippen LogP contribution in [0, 0.1) is 35.1 Å². The fourth-order valence-electron chi connectivity index (χ4n) is 1.58. The normalized spacial score (nSPS) is 13.2. The van der Waals surface area contributed by atoms with Gasteiger partial charge in [0.15, 0.2) is 0 Å². The number of halogens is 4. The molecule has 1 saturated heterocycles. The molecule has 0 bridgehead atoms. The molecule has 2 rings (SSSR count). The van der Waals surface area contributed by atoms with E-state index in [0.29, 0.717) is 13.3 Å². The summed E-state index contributed by atoms with van der Waals surface area (Å²) in [5.41, 5.74) is 0. The topological polar surface area (TPSA) is 12.0 Å². The Labute approximate surface area is 267 Å². The fraction of sp³-hybridized carbons (Fsp3) is 0.688. The first-order valence-electron chi connectivity index (χ1n) is 6.63. The number of hydrogen-bond donors (Lipinski definition) is 1. The molecule has 1 nitrogen and oxygen atoms in total. The van der Waals surface area contributed by atoms with Crippen molar-refractivity contribution in [2.24, 2.45) is 0 Å². The molecule has 1 aliphatic heterocycles. The van der Waals surface area contributed by atoms with Gasteiger partial charge in [0.1, 0.15) is 0 Å². The smallest absolute Gasteiger partial charge is 0.358 e. The maximum Gasteiger partial charge on any atom is 2.00 e. The zero-order valence-electron chi connectivity index (χ0n) is 16.1. The van der Waals surface area contributed by atoms with Crippen molar-refractivity contribution in [1.29, 1.82) is 0 Å². The summed E-state index contributed by atoms with van der Waals surface area (Å²) in [4.78, 5) is 0. The minimum Gasteiger partial charge on any atom is -0.358 e. The van der Waals surface area contributed by atoms with Crippen LogP contribution in [-0.4, -0.2) is 13.1 Å². The van der Waals surface area contributed by atoms with E-state index in [4.69, 9.17) is 0 Å². The van der Waals surface area contributed by atoms with Crippen molar-refractivity contribution >= 4 is 61.2 Å². The third kappa shape index (κ3) is 63.0. The first-order chi connectivity index (χ1) is 8.41. The van der Waals surface area contributed by atoms with Crippen LogP contribution in [0.5, 0.6) is 0 Å². The minimum absolute atomic E-state index is 0. The first kappa shape index (κ1) is 57.1. The Bertz CT molecular complexity index is 89.2. The van der Waals surface area contributed by atoms with Gasteiger partial charge in [-0.1, -0.05) is 33.1 Å². The SMILES string of the molecule is CC.I.I[I-]I.[CH-]1CCCCC1.[CH-]1CCNCC1.[CH3-].[CH3-].[CH3-].[W+2].[Y].[Y]. The zero-order chi connectivity index (χ0) is 13.2. The molecule has 0 amide bonds. The average molecular weight is 1110 g/mol. The molecule has 1 saturated carbocycles. The molecule has 0 spiro atoms. The van der Waals surface area contributed by atoms with Gasteiger partial charge in [-0.3, -0.25) is 0 Å². The summed E-state index contributed by atoms with van der Waals surface area (Å²) in [5.74, 6) is 0. The number of hydrogen-bond acceptors (Lipinski definition) is 1. The van der Waals surface area contributed by atoms with Crippen LogP contribution in [-0.2, 0) is 86.5 Å². The molecule has 2 fully saturated rings. The maximum absolute atomic E-state index is 3.25. The molecule has 1 aliphatic carbocycles. The van der Waals surface area contributed by atoms with Gasteiger partial charge in [-0.15, -0.1) is 24.0 Å². The van der Waals surface area contributed by atoms with Crippen molar-refractivity contribution < 1.29 is 99.7 Å². The molecule has 0 aromatic rings. The van der Waals surface area contributed by atoms with Crippen molar-refractivity contribution in [3.8, 4) is 0 Å². The molecule has 1 heterocycles. The van der Waals surface area contributed by atoms with E-state index >= 15 is 0 Å². The molecule has 150 valence electrons. The molecule has 8 heteroatoms. The zero-order valence-corrected chi connectivity index (χ0v) is 33.5. The molecule has 2 aliphatic rings. The van der Waals surface area contributed by atoms with E-state index in [9.17, 15) is 0 Å². The standard InChI is InChI=1S/C6H11.C5H10N.C2H6.3CH3.I3.HI.W.2Y/c2*1-2-4-6-5-3-1;1-2;;;;1-3-2;;;;/h1H,2-6H2;1,6H,2-5H2;1-2H3;3*1H3;;1H;;;/q2*-1;;4*-1;;+2;;. The predicted octanol–water partition coefficient (Wildman–Crippen LogP) is 4.49. The Balaban J connectivity index is -0.0000000173. The van der Waals surface area contributed by atoms with E-state index in [1.807, 2.05) is 13.8 Å². The third-order valence-corrected chi connectivity index (χ3v) is 2.37. The van der Waals surface area contributed by atoms with Gasteiger partial charge >= 0.3 is 71.6 Å². The number of nitrogens with one attached hydrogen (secondary N) is 1. The maximum atomic E-state index is 3.25. The van der Waals surface area contributed by atoms with E-state index < -0.39 is 0 Å². The van der Waals surface area contributed by atoms with Crippen LogP contribution in [0.4, 0.5) is 0 Å². The third-order valence-electron chi connectivity index (χ3n) is 2.37. The Morgan fingerprint density at radius 3 is 1.12 bits per heavy atom. The van der Waals surface area contributed by atoms with E-state index in [2.05, 4.69) is 55.4 Å². The molecule has 0 atom stereocenters. The van der Waals surface area contributed by atoms with Crippen LogP contribution in [0.15, 0.2) is 0 Å². The van der Waals surface area contributed by atoms with Gasteiger partial charge in [-0.05, 0) is 13.1 Å². The summed E-state index contributed by atoms with van der Waals surface area (Å²) in [5, 5.41) is 3.25. The minimum atomic E-state index is 0. The fourth-order valence-corrected chi connectivity index (χ4v) is 1.58. The van der Waals surface area contributed by atoms with Gasteiger partial charge in [0.2, 0.25) is 0 Å². The molecule has 0 unspecified atom stereocenters. The second kappa shape index (κ2) is 63.0. The van der Waals surface area contributed by atoms with Crippen molar-refractivity contribution in [1.82, 2.24) is 5.32 Å². The van der Waals surface area contributed by atoms with Crippen molar-refractivity contribution in [2.45, 2.75) is 58.8 Å². The molecular weight excluding hydrogens is 1080 g/mol. The molecular formula is C16H37I4NWY2-4. The number of rotatable bonds is 0. The summed E-state index contributed by atoms with van der Waals surface area (Å²) in [6.45, 7) is 6.39. The molecule has 2 radical (unpaired) electrons.